The van der Waals surface area contributed by atoms with Crippen molar-refractivity contribution in [3.63, 3.8) is 0 Å². The lowest BCUT2D eigenvalue weighted by Crippen LogP contribution is -2.41. The molecule has 3 aliphatic rings. The van der Waals surface area contributed by atoms with Gasteiger partial charge in [-0.25, -0.2) is 0 Å². The van der Waals surface area contributed by atoms with Crippen molar-refractivity contribution < 1.29 is 4.79 Å². The van der Waals surface area contributed by atoms with Gasteiger partial charge in [-0.3, -0.25) is 9.89 Å². The van der Waals surface area contributed by atoms with E-state index < -0.39 is 0 Å². The second-order valence-corrected chi connectivity index (χ2v) is 8.42. The van der Waals surface area contributed by atoms with Gasteiger partial charge in [-0.05, 0) is 35.8 Å². The van der Waals surface area contributed by atoms with Crippen LogP contribution in [0.5, 0.6) is 0 Å². The molecule has 0 saturated carbocycles. The van der Waals surface area contributed by atoms with Gasteiger partial charge in [0, 0.05) is 29.7 Å². The number of aromatic nitrogens is 2. The number of aryl methyl sites for hydroxylation is 1. The molecule has 1 aromatic heterocycles. The Morgan fingerprint density at radius 1 is 1.12 bits per heavy atom. The number of fused-ring (bicyclic) bond motifs is 5. The Labute approximate surface area is 142 Å². The van der Waals surface area contributed by atoms with Gasteiger partial charge in [0.25, 0.3) is 0 Å². The minimum Gasteiger partial charge on any atom is -0.294 e. The molecule has 3 nitrogen and oxygen atoms in total. The molecule has 1 atom stereocenters. The number of aromatic amines is 1. The lowest BCUT2D eigenvalue weighted by molar-refractivity contribution is -0.118. The molecular formula is C21H22N2O. The van der Waals surface area contributed by atoms with E-state index in [0.717, 1.165) is 31.3 Å². The van der Waals surface area contributed by atoms with E-state index in [1.165, 1.54) is 28.0 Å². The number of Topliss-reactive ketones (excluding diaryl/α,β-unsaturated/α-hetero) is 1. The van der Waals surface area contributed by atoms with Crippen molar-refractivity contribution in [3.8, 4) is 0 Å². The number of nitrogens with zero attached hydrogens (tertiary/aromatic N) is 1. The maximum atomic E-state index is 13.3. The third-order valence-corrected chi connectivity index (χ3v) is 6.20. The van der Waals surface area contributed by atoms with Crippen molar-refractivity contribution in [2.45, 2.75) is 51.4 Å². The zero-order valence-electron chi connectivity index (χ0n) is 14.3. The number of benzene rings is 1. The fourth-order valence-corrected chi connectivity index (χ4v) is 5.45. The summed E-state index contributed by atoms with van der Waals surface area (Å²) in [5, 5.41) is 7.57. The largest absolute Gasteiger partial charge is 0.294 e. The summed E-state index contributed by atoms with van der Waals surface area (Å²) in [7, 11) is 0. The second-order valence-electron chi connectivity index (χ2n) is 8.42. The summed E-state index contributed by atoms with van der Waals surface area (Å²) >= 11 is 0. The molecule has 0 radical (unpaired) electrons. The smallest absolute Gasteiger partial charge is 0.160 e. The highest BCUT2D eigenvalue weighted by Crippen LogP contribution is 2.56. The number of allylic oxidation sites excluding steroid dienone is 2. The van der Waals surface area contributed by atoms with E-state index >= 15 is 0 Å². The third kappa shape index (κ3) is 1.68. The molecule has 0 bridgehead atoms. The van der Waals surface area contributed by atoms with Crippen molar-refractivity contribution in [2.75, 3.05) is 0 Å². The standard InChI is InChI=1S/C21H22N2O/c1-20(2)10-14-9-17-16(12-22-23-17)21(19(14)18(24)11-20)8-7-13-5-3-4-6-15(13)21/h3-6,12H,7-11H2,1-2H3,(H,22,23)/t21-/m1/s1. The summed E-state index contributed by atoms with van der Waals surface area (Å²) in [4.78, 5) is 13.3. The van der Waals surface area contributed by atoms with Crippen LogP contribution in [-0.4, -0.2) is 16.0 Å². The number of ketones is 1. The number of rotatable bonds is 0. The van der Waals surface area contributed by atoms with Gasteiger partial charge in [-0.1, -0.05) is 43.7 Å². The first kappa shape index (κ1) is 14.2. The molecule has 5 rings (SSSR count). The lowest BCUT2D eigenvalue weighted by atomic mass is 9.58. The summed E-state index contributed by atoms with van der Waals surface area (Å²) in [5.74, 6) is 0.352. The van der Waals surface area contributed by atoms with Crippen LogP contribution in [0.3, 0.4) is 0 Å². The number of H-pyrrole nitrogens is 1. The maximum Gasteiger partial charge on any atom is 0.160 e. The molecule has 0 aliphatic heterocycles. The third-order valence-electron chi connectivity index (χ3n) is 6.20. The van der Waals surface area contributed by atoms with Crippen LogP contribution in [-0.2, 0) is 23.1 Å². The summed E-state index contributed by atoms with van der Waals surface area (Å²) in [6.45, 7) is 4.43. The van der Waals surface area contributed by atoms with Gasteiger partial charge in [-0.15, -0.1) is 0 Å². The molecule has 24 heavy (non-hydrogen) atoms. The second kappa shape index (κ2) is 4.47. The number of hydrogen-bond acceptors (Lipinski definition) is 2. The van der Waals surface area contributed by atoms with Gasteiger partial charge >= 0.3 is 0 Å². The van der Waals surface area contributed by atoms with Crippen LogP contribution in [0.25, 0.3) is 0 Å². The Kier molecular flexibility index (Phi) is 2.65. The van der Waals surface area contributed by atoms with Gasteiger partial charge in [0.2, 0.25) is 0 Å². The van der Waals surface area contributed by atoms with Gasteiger partial charge in [0.1, 0.15) is 0 Å². The molecule has 1 N–H and O–H groups in total. The molecule has 0 unspecified atom stereocenters. The predicted molar refractivity (Wildman–Crippen MR) is 92.9 cm³/mol. The maximum absolute atomic E-state index is 13.3. The van der Waals surface area contributed by atoms with E-state index in [2.05, 4.69) is 48.3 Å². The van der Waals surface area contributed by atoms with Gasteiger partial charge < -0.3 is 0 Å². The number of carbonyl (C=O) groups is 1. The molecule has 1 spiro atoms. The van der Waals surface area contributed by atoms with Crippen LogP contribution in [0, 0.1) is 5.41 Å². The number of hydrogen-bond donors (Lipinski definition) is 1. The Morgan fingerprint density at radius 2 is 1.96 bits per heavy atom. The first-order valence-corrected chi connectivity index (χ1v) is 8.88. The molecule has 0 amide bonds. The first-order chi connectivity index (χ1) is 11.5. The van der Waals surface area contributed by atoms with Crippen LogP contribution >= 0.6 is 0 Å². The van der Waals surface area contributed by atoms with E-state index in [9.17, 15) is 4.79 Å². The van der Waals surface area contributed by atoms with E-state index in [-0.39, 0.29) is 10.8 Å². The normalized spacial score (nSPS) is 27.2. The Bertz CT molecular complexity index is 902. The summed E-state index contributed by atoms with van der Waals surface area (Å²) in [6, 6.07) is 8.66. The molecule has 3 heteroatoms. The van der Waals surface area contributed by atoms with Crippen LogP contribution in [0.2, 0.25) is 0 Å². The Balaban J connectivity index is 1.83. The van der Waals surface area contributed by atoms with E-state index in [1.807, 2.05) is 6.20 Å². The molecule has 1 aromatic carbocycles. The quantitative estimate of drug-likeness (QED) is 0.801. The van der Waals surface area contributed by atoms with Gasteiger partial charge in [-0.2, -0.15) is 5.10 Å². The van der Waals surface area contributed by atoms with E-state index in [0.29, 0.717) is 12.2 Å². The minimum atomic E-state index is -0.264. The summed E-state index contributed by atoms with van der Waals surface area (Å²) in [5.41, 5.74) is 7.39. The van der Waals surface area contributed by atoms with Crippen LogP contribution < -0.4 is 0 Å². The average Bonchev–Trinajstić information content (AvgIpc) is 3.12. The molecule has 122 valence electrons. The topological polar surface area (TPSA) is 45.8 Å². The minimum absolute atomic E-state index is 0.0623. The Hall–Kier alpha value is -2.16. The van der Waals surface area contributed by atoms with Crippen molar-refractivity contribution in [1.29, 1.82) is 0 Å². The number of carbonyl (C=O) groups excluding carboxylic acids is 1. The molecular weight excluding hydrogens is 296 g/mol. The first-order valence-electron chi connectivity index (χ1n) is 8.88. The van der Waals surface area contributed by atoms with Crippen molar-refractivity contribution in [1.82, 2.24) is 10.2 Å². The predicted octanol–water partition coefficient (Wildman–Crippen LogP) is 3.88. The molecule has 2 aromatic rings. The van der Waals surface area contributed by atoms with Crippen molar-refractivity contribution in [2.24, 2.45) is 5.41 Å². The number of nitrogens with one attached hydrogen (secondary N) is 1. The summed E-state index contributed by atoms with van der Waals surface area (Å²) < 4.78 is 0. The highest BCUT2D eigenvalue weighted by Gasteiger charge is 2.52. The monoisotopic (exact) mass is 318 g/mol. The zero-order valence-corrected chi connectivity index (χ0v) is 14.3. The van der Waals surface area contributed by atoms with E-state index in [4.69, 9.17) is 0 Å². The van der Waals surface area contributed by atoms with Crippen molar-refractivity contribution >= 4 is 5.78 Å². The SMILES string of the molecule is CC1(C)CC(=O)C2=C(Cc3[nH]ncc3[C@]23CCc2ccccc23)C1. The van der Waals surface area contributed by atoms with E-state index in [1.54, 1.807) is 0 Å². The van der Waals surface area contributed by atoms with Crippen molar-refractivity contribution in [3.05, 3.63) is 64.0 Å². The fourth-order valence-electron chi connectivity index (χ4n) is 5.45. The van der Waals surface area contributed by atoms with Crippen LogP contribution in [0.1, 0.15) is 55.5 Å². The molecule has 0 saturated heterocycles. The Morgan fingerprint density at radius 3 is 2.83 bits per heavy atom. The zero-order chi connectivity index (χ0) is 16.5. The summed E-state index contributed by atoms with van der Waals surface area (Å²) in [6.07, 6.45) is 6.51. The van der Waals surface area contributed by atoms with Crippen LogP contribution in [0.4, 0.5) is 0 Å². The highest BCUT2D eigenvalue weighted by molar-refractivity contribution is 6.02. The van der Waals surface area contributed by atoms with Gasteiger partial charge in [0.15, 0.2) is 5.78 Å². The fraction of sp³-hybridized carbons (Fsp3) is 0.429. The molecule has 1 heterocycles. The average molecular weight is 318 g/mol. The van der Waals surface area contributed by atoms with Gasteiger partial charge in [0.05, 0.1) is 11.6 Å². The molecule has 0 fully saturated rings. The molecule has 3 aliphatic carbocycles. The highest BCUT2D eigenvalue weighted by atomic mass is 16.1. The lowest BCUT2D eigenvalue weighted by Gasteiger charge is -2.43. The van der Waals surface area contributed by atoms with Crippen LogP contribution in [0.15, 0.2) is 41.6 Å².